The van der Waals surface area contributed by atoms with E-state index in [1.807, 2.05) is 0 Å². The van der Waals surface area contributed by atoms with Crippen molar-refractivity contribution in [2.75, 3.05) is 13.2 Å². The zero-order chi connectivity index (χ0) is 42.6. The average molecular weight is 821 g/mol. The molecular weight excluding hydrogens is 721 g/mol. The molecule has 0 heterocycles. The van der Waals surface area contributed by atoms with Crippen molar-refractivity contribution in [3.63, 3.8) is 0 Å². The van der Waals surface area contributed by atoms with Crippen molar-refractivity contribution in [1.82, 2.24) is 0 Å². The van der Waals surface area contributed by atoms with Crippen molar-refractivity contribution in [3.8, 4) is 0 Å². The summed E-state index contributed by atoms with van der Waals surface area (Å²) in [6.45, 7) is 11.3. The number of hydrogen-bond acceptors (Lipinski definition) is 6. The quantitative estimate of drug-likeness (QED) is 0.0346. The molecule has 0 radical (unpaired) electrons. The Kier molecular flexibility index (Phi) is 43.7. The van der Waals surface area contributed by atoms with E-state index in [0.29, 0.717) is 19.3 Å². The fourth-order valence-electron chi connectivity index (χ4n) is 7.81. The number of carbonyl (C=O) groups is 3. The van der Waals surface area contributed by atoms with Crippen LogP contribution in [-0.4, -0.2) is 37.2 Å². The SMILES string of the molecule is CCCCCCCCCCCCCCCCCC(=O)O[C@@H](COC(=O)CCCCCCCCCCCCC(C)C)COC(=O)CCCCCCCCCCCC(C)C. The second-order valence-corrected chi connectivity index (χ2v) is 18.8. The lowest BCUT2D eigenvalue weighted by Crippen LogP contribution is -2.30. The van der Waals surface area contributed by atoms with Crippen LogP contribution in [-0.2, 0) is 28.6 Å². The highest BCUT2D eigenvalue weighted by atomic mass is 16.6. The van der Waals surface area contributed by atoms with Crippen molar-refractivity contribution in [2.24, 2.45) is 11.8 Å². The van der Waals surface area contributed by atoms with Crippen molar-refractivity contribution < 1.29 is 28.6 Å². The number of ether oxygens (including phenoxy) is 3. The van der Waals surface area contributed by atoms with Crippen molar-refractivity contribution in [3.05, 3.63) is 0 Å². The first kappa shape index (κ1) is 56.4. The molecule has 0 bridgehead atoms. The van der Waals surface area contributed by atoms with E-state index in [2.05, 4.69) is 34.6 Å². The third-order valence-electron chi connectivity index (χ3n) is 11.7. The molecule has 0 aromatic carbocycles. The molecule has 0 unspecified atom stereocenters. The van der Waals surface area contributed by atoms with E-state index in [1.165, 1.54) is 173 Å². The molecule has 344 valence electrons. The number of esters is 3. The van der Waals surface area contributed by atoms with Gasteiger partial charge in [-0.25, -0.2) is 0 Å². The topological polar surface area (TPSA) is 78.9 Å². The Hall–Kier alpha value is -1.59. The molecule has 0 saturated carbocycles. The summed E-state index contributed by atoms with van der Waals surface area (Å²) in [5, 5.41) is 0. The molecule has 0 aliphatic carbocycles. The molecule has 0 amide bonds. The molecule has 0 rings (SSSR count). The van der Waals surface area contributed by atoms with Crippen LogP contribution in [0.3, 0.4) is 0 Å². The molecule has 6 heteroatoms. The predicted octanol–water partition coefficient (Wildman–Crippen LogP) is 16.5. The largest absolute Gasteiger partial charge is 0.462 e. The van der Waals surface area contributed by atoms with Crippen LogP contribution in [0, 0.1) is 11.8 Å². The van der Waals surface area contributed by atoms with Crippen LogP contribution in [0.5, 0.6) is 0 Å². The molecule has 0 aromatic rings. The molecule has 0 saturated heterocycles. The highest BCUT2D eigenvalue weighted by molar-refractivity contribution is 5.71. The Morgan fingerprint density at radius 1 is 0.328 bits per heavy atom. The highest BCUT2D eigenvalue weighted by Gasteiger charge is 2.19. The van der Waals surface area contributed by atoms with E-state index < -0.39 is 6.10 Å². The standard InChI is InChI=1S/C52H100O6/c1-6-7-8-9-10-11-12-13-14-15-16-23-29-34-39-44-52(55)58-49(46-57-51(54)43-38-33-28-24-19-21-26-31-36-41-48(4)5)45-56-50(53)42-37-32-27-22-18-17-20-25-30-35-40-47(2)3/h47-49H,6-46H2,1-5H3/t49-/m0/s1. The van der Waals surface area contributed by atoms with Gasteiger partial charge in [0.2, 0.25) is 0 Å². The van der Waals surface area contributed by atoms with E-state index in [4.69, 9.17) is 14.2 Å². The van der Waals surface area contributed by atoms with Gasteiger partial charge in [-0.15, -0.1) is 0 Å². The zero-order valence-corrected chi connectivity index (χ0v) is 39.7. The average Bonchev–Trinajstić information content (AvgIpc) is 3.19. The fraction of sp³-hybridized carbons (Fsp3) is 0.942. The lowest BCUT2D eigenvalue weighted by molar-refractivity contribution is -0.167. The molecule has 0 fully saturated rings. The first-order valence-corrected chi connectivity index (χ1v) is 25.7. The number of unbranched alkanes of at least 4 members (excludes halogenated alkanes) is 31. The van der Waals surface area contributed by atoms with Crippen molar-refractivity contribution in [2.45, 2.75) is 291 Å². The van der Waals surface area contributed by atoms with Crippen molar-refractivity contribution >= 4 is 17.9 Å². The van der Waals surface area contributed by atoms with Gasteiger partial charge < -0.3 is 14.2 Å². The molecule has 0 spiro atoms. The van der Waals surface area contributed by atoms with Gasteiger partial charge in [-0.2, -0.15) is 0 Å². The number of carbonyl (C=O) groups excluding carboxylic acids is 3. The van der Waals surface area contributed by atoms with Crippen LogP contribution < -0.4 is 0 Å². The molecule has 0 N–H and O–H groups in total. The second kappa shape index (κ2) is 44.9. The van der Waals surface area contributed by atoms with Gasteiger partial charge >= 0.3 is 17.9 Å². The van der Waals surface area contributed by atoms with Crippen LogP contribution in [0.2, 0.25) is 0 Å². The summed E-state index contributed by atoms with van der Waals surface area (Å²) in [5.41, 5.74) is 0. The smallest absolute Gasteiger partial charge is 0.306 e. The lowest BCUT2D eigenvalue weighted by Gasteiger charge is -2.18. The maximum atomic E-state index is 12.8. The first-order valence-electron chi connectivity index (χ1n) is 25.7. The minimum atomic E-state index is -0.761. The van der Waals surface area contributed by atoms with Gasteiger partial charge in [-0.1, -0.05) is 247 Å². The lowest BCUT2D eigenvalue weighted by atomic mass is 10.0. The highest BCUT2D eigenvalue weighted by Crippen LogP contribution is 2.17. The Balaban J connectivity index is 4.32. The van der Waals surface area contributed by atoms with Crippen LogP contribution in [0.1, 0.15) is 285 Å². The Morgan fingerprint density at radius 3 is 0.845 bits per heavy atom. The van der Waals surface area contributed by atoms with Crippen LogP contribution in [0.25, 0.3) is 0 Å². The minimum Gasteiger partial charge on any atom is -0.462 e. The molecule has 0 aromatic heterocycles. The predicted molar refractivity (Wildman–Crippen MR) is 247 cm³/mol. The summed E-state index contributed by atoms with van der Waals surface area (Å²) in [7, 11) is 0. The number of hydrogen-bond donors (Lipinski definition) is 0. The summed E-state index contributed by atoms with van der Waals surface area (Å²) in [6, 6.07) is 0. The minimum absolute atomic E-state index is 0.0641. The maximum Gasteiger partial charge on any atom is 0.306 e. The summed E-state index contributed by atoms with van der Waals surface area (Å²) >= 11 is 0. The van der Waals surface area contributed by atoms with Crippen LogP contribution in [0.15, 0.2) is 0 Å². The van der Waals surface area contributed by atoms with E-state index in [0.717, 1.165) is 69.6 Å². The normalized spacial score (nSPS) is 12.1. The Labute approximate surface area is 361 Å². The van der Waals surface area contributed by atoms with E-state index in [1.54, 1.807) is 0 Å². The molecule has 58 heavy (non-hydrogen) atoms. The zero-order valence-electron chi connectivity index (χ0n) is 39.7. The van der Waals surface area contributed by atoms with Crippen LogP contribution >= 0.6 is 0 Å². The van der Waals surface area contributed by atoms with Gasteiger partial charge in [0.05, 0.1) is 0 Å². The monoisotopic (exact) mass is 821 g/mol. The Bertz CT molecular complexity index is 885. The van der Waals surface area contributed by atoms with Gasteiger partial charge in [-0.3, -0.25) is 14.4 Å². The molecule has 6 nitrogen and oxygen atoms in total. The van der Waals surface area contributed by atoms with Gasteiger partial charge in [0.25, 0.3) is 0 Å². The molecular formula is C52H100O6. The van der Waals surface area contributed by atoms with Crippen LogP contribution in [0.4, 0.5) is 0 Å². The summed E-state index contributed by atoms with van der Waals surface area (Å²) in [6.07, 6.45) is 45.2. The third-order valence-corrected chi connectivity index (χ3v) is 11.7. The molecule has 1 atom stereocenters. The summed E-state index contributed by atoms with van der Waals surface area (Å²) in [5.74, 6) is 0.778. The summed E-state index contributed by atoms with van der Waals surface area (Å²) < 4.78 is 16.8. The summed E-state index contributed by atoms with van der Waals surface area (Å²) in [4.78, 5) is 37.9. The molecule has 0 aliphatic heterocycles. The van der Waals surface area contributed by atoms with Crippen molar-refractivity contribution in [1.29, 1.82) is 0 Å². The van der Waals surface area contributed by atoms with Gasteiger partial charge in [0, 0.05) is 19.3 Å². The third kappa shape index (κ3) is 45.5. The number of rotatable bonds is 46. The second-order valence-electron chi connectivity index (χ2n) is 18.8. The Morgan fingerprint density at radius 2 is 0.569 bits per heavy atom. The van der Waals surface area contributed by atoms with Gasteiger partial charge in [0.1, 0.15) is 13.2 Å². The first-order chi connectivity index (χ1) is 28.2. The van der Waals surface area contributed by atoms with E-state index >= 15 is 0 Å². The molecule has 0 aliphatic rings. The van der Waals surface area contributed by atoms with E-state index in [-0.39, 0.29) is 31.1 Å². The van der Waals surface area contributed by atoms with Gasteiger partial charge in [0.15, 0.2) is 6.10 Å². The fourth-order valence-corrected chi connectivity index (χ4v) is 7.81. The van der Waals surface area contributed by atoms with E-state index in [9.17, 15) is 14.4 Å². The van der Waals surface area contributed by atoms with Gasteiger partial charge in [-0.05, 0) is 31.1 Å². The maximum absolute atomic E-state index is 12.8.